The number of rotatable bonds is 6. The first-order valence-corrected chi connectivity index (χ1v) is 8.84. The van der Waals surface area contributed by atoms with Crippen molar-refractivity contribution in [3.8, 4) is 5.75 Å². The molecule has 0 unspecified atom stereocenters. The van der Waals surface area contributed by atoms with Crippen molar-refractivity contribution < 1.29 is 14.6 Å². The van der Waals surface area contributed by atoms with Gasteiger partial charge in [0, 0.05) is 42.3 Å². The zero-order valence-electron chi connectivity index (χ0n) is 15.9. The number of benzene rings is 1. The number of aromatic hydroxyl groups is 1. The normalized spacial score (nSPS) is 11.7. The van der Waals surface area contributed by atoms with E-state index in [1.54, 1.807) is 6.92 Å². The summed E-state index contributed by atoms with van der Waals surface area (Å²) in [6.45, 7) is 3.25. The van der Waals surface area contributed by atoms with Crippen LogP contribution in [0.25, 0.3) is 10.9 Å². The molecule has 0 atom stereocenters. The van der Waals surface area contributed by atoms with Crippen molar-refractivity contribution in [3.63, 3.8) is 0 Å². The third-order valence-corrected chi connectivity index (χ3v) is 4.57. The fraction of sp³-hybridized carbons (Fsp3) is 0.500. The number of phenolic OH excluding ortho intramolecular Hbond substituents is 1. The van der Waals surface area contributed by atoms with Crippen LogP contribution in [0.4, 0.5) is 0 Å². The minimum atomic E-state index is -0.346. The molecular weight excluding hydrogens is 333 g/mol. The van der Waals surface area contributed by atoms with Gasteiger partial charge in [-0.15, -0.1) is 0 Å². The number of nitrogens with zero attached hydrogens (tertiary/aromatic N) is 3. The average Bonchev–Trinajstić information content (AvgIpc) is 2.76. The smallest absolute Gasteiger partial charge is 0.340 e. The molecule has 7 heteroatoms. The van der Waals surface area contributed by atoms with Gasteiger partial charge in [0.2, 0.25) is 0 Å². The van der Waals surface area contributed by atoms with Gasteiger partial charge in [0.05, 0.1) is 12.2 Å². The van der Waals surface area contributed by atoms with Gasteiger partial charge in [0.1, 0.15) is 5.75 Å². The number of aryl methyl sites for hydroxylation is 1. The van der Waals surface area contributed by atoms with E-state index in [9.17, 15) is 9.90 Å². The number of phenols is 1. The lowest BCUT2D eigenvalue weighted by atomic mass is 10.0. The summed E-state index contributed by atoms with van der Waals surface area (Å²) in [5.74, 6) is -0.139. The summed E-state index contributed by atoms with van der Waals surface area (Å²) < 4.78 is 8.07. The first-order chi connectivity index (χ1) is 11.7. The van der Waals surface area contributed by atoms with Crippen molar-refractivity contribution in [2.75, 3.05) is 34.8 Å². The maximum Gasteiger partial charge on any atom is 0.340 e. The Balaban J connectivity index is 2.90. The molecule has 0 amide bonds. The molecule has 1 aromatic carbocycles. The molecule has 0 bridgehead atoms. The Hall–Kier alpha value is -1.52. The van der Waals surface area contributed by atoms with E-state index < -0.39 is 0 Å². The highest BCUT2D eigenvalue weighted by Gasteiger charge is 2.26. The quantitative estimate of drug-likeness (QED) is 0.616. The van der Waals surface area contributed by atoms with Crippen molar-refractivity contribution >= 4 is 37.6 Å². The SMILES string of the molecule is CCOC(=O)c1c(CN(C)C)n(C)c2c[c]([Al])c(O)c(CN(C)C)c12. The number of hydrogen-bond donors (Lipinski definition) is 1. The molecule has 0 saturated carbocycles. The molecule has 0 aliphatic carbocycles. The first kappa shape index (κ1) is 19.8. The number of ether oxygens (including phenoxy) is 1. The summed E-state index contributed by atoms with van der Waals surface area (Å²) in [7, 11) is 9.76. The number of fused-ring (bicyclic) bond motifs is 1. The largest absolute Gasteiger partial charge is 0.509 e. The molecule has 1 heterocycles. The molecular formula is C18H26AlN3O3. The Morgan fingerprint density at radius 3 is 2.36 bits per heavy atom. The molecule has 1 aromatic heterocycles. The lowest BCUT2D eigenvalue weighted by Gasteiger charge is -2.16. The maximum absolute atomic E-state index is 12.8. The minimum absolute atomic E-state index is 0.207. The summed E-state index contributed by atoms with van der Waals surface area (Å²) in [6, 6.07) is 1.90. The van der Waals surface area contributed by atoms with E-state index in [1.165, 1.54) is 0 Å². The number of esters is 1. The topological polar surface area (TPSA) is 57.9 Å². The number of aromatic nitrogens is 1. The van der Waals surface area contributed by atoms with Gasteiger partial charge >= 0.3 is 5.97 Å². The molecule has 2 rings (SSSR count). The Morgan fingerprint density at radius 2 is 1.84 bits per heavy atom. The van der Waals surface area contributed by atoms with Crippen LogP contribution in [0.5, 0.6) is 5.75 Å². The second-order valence-corrected chi connectivity index (χ2v) is 7.39. The van der Waals surface area contributed by atoms with Crippen molar-refractivity contribution in [2.24, 2.45) is 7.05 Å². The highest BCUT2D eigenvalue weighted by Crippen LogP contribution is 2.34. The van der Waals surface area contributed by atoms with Gasteiger partial charge in [-0.2, -0.15) is 0 Å². The summed E-state index contributed by atoms with van der Waals surface area (Å²) in [4.78, 5) is 16.8. The fourth-order valence-corrected chi connectivity index (χ4v) is 3.45. The van der Waals surface area contributed by atoms with Crippen molar-refractivity contribution in [3.05, 3.63) is 22.9 Å². The van der Waals surface area contributed by atoms with Gasteiger partial charge in [0.15, 0.2) is 16.3 Å². The molecule has 2 radical (unpaired) electrons. The van der Waals surface area contributed by atoms with Crippen LogP contribution in [-0.4, -0.2) is 76.5 Å². The zero-order valence-corrected chi connectivity index (χ0v) is 17.0. The third-order valence-electron chi connectivity index (χ3n) is 4.13. The van der Waals surface area contributed by atoms with Gasteiger partial charge < -0.3 is 24.2 Å². The highest BCUT2D eigenvalue weighted by atomic mass is 27.0. The Kier molecular flexibility index (Phi) is 6.17. The van der Waals surface area contributed by atoms with Crippen LogP contribution < -0.4 is 4.43 Å². The molecule has 0 fully saturated rings. The van der Waals surface area contributed by atoms with Crippen LogP contribution in [0.1, 0.15) is 28.5 Å². The summed E-state index contributed by atoms with van der Waals surface area (Å²) >= 11 is 2.57. The van der Waals surface area contributed by atoms with E-state index in [4.69, 9.17) is 4.74 Å². The minimum Gasteiger partial charge on any atom is -0.509 e. The predicted molar refractivity (Wildman–Crippen MR) is 101 cm³/mol. The second-order valence-electron chi connectivity index (χ2n) is 6.76. The molecule has 6 nitrogen and oxygen atoms in total. The van der Waals surface area contributed by atoms with E-state index in [2.05, 4.69) is 16.3 Å². The number of hydrogen-bond acceptors (Lipinski definition) is 5. The van der Waals surface area contributed by atoms with Crippen molar-refractivity contribution in [2.45, 2.75) is 20.0 Å². The lowest BCUT2D eigenvalue weighted by Crippen LogP contribution is -2.17. The zero-order chi connectivity index (χ0) is 18.9. The van der Waals surface area contributed by atoms with Crippen LogP contribution in [0.2, 0.25) is 0 Å². The summed E-state index contributed by atoms with van der Waals surface area (Å²) in [5, 5.41) is 11.4. The van der Waals surface area contributed by atoms with Crippen molar-refractivity contribution in [1.82, 2.24) is 14.4 Å². The van der Waals surface area contributed by atoms with Gasteiger partial charge in [-0.1, -0.05) is 4.43 Å². The standard InChI is InChI=1S/C18H26N3O3.Al/c1-7-24-18(23)17-14(11-20(4)5)21(6)13-8-9-15(22)12(16(13)17)10-19(2)3;/h8,22H,7,10-11H2,1-6H3;. The predicted octanol–water partition coefficient (Wildman–Crippen LogP) is 0.978. The molecule has 25 heavy (non-hydrogen) atoms. The van der Waals surface area contributed by atoms with E-state index in [-0.39, 0.29) is 11.7 Å². The second kappa shape index (κ2) is 7.80. The van der Waals surface area contributed by atoms with E-state index in [1.807, 2.05) is 55.7 Å². The average molecular weight is 359 g/mol. The summed E-state index contributed by atoms with van der Waals surface area (Å²) in [6.07, 6.45) is 0. The van der Waals surface area contributed by atoms with Crippen LogP contribution in [-0.2, 0) is 24.9 Å². The lowest BCUT2D eigenvalue weighted by molar-refractivity contribution is 0.0526. The molecule has 0 saturated heterocycles. The molecule has 2 aromatic rings. The highest BCUT2D eigenvalue weighted by molar-refractivity contribution is 6.35. The van der Waals surface area contributed by atoms with Gasteiger partial charge in [-0.05, 0) is 41.2 Å². The summed E-state index contributed by atoms with van der Waals surface area (Å²) in [5.41, 5.74) is 3.09. The Morgan fingerprint density at radius 1 is 1.24 bits per heavy atom. The fourth-order valence-electron chi connectivity index (χ4n) is 3.11. The number of carbonyl (C=O) groups is 1. The molecule has 0 spiro atoms. The van der Waals surface area contributed by atoms with E-state index in [0.717, 1.165) is 26.6 Å². The van der Waals surface area contributed by atoms with Gasteiger partial charge in [-0.3, -0.25) is 0 Å². The van der Waals surface area contributed by atoms with Crippen molar-refractivity contribution in [1.29, 1.82) is 0 Å². The van der Waals surface area contributed by atoms with Crippen LogP contribution in [0.15, 0.2) is 6.07 Å². The monoisotopic (exact) mass is 359 g/mol. The van der Waals surface area contributed by atoms with Crippen LogP contribution in [0, 0.1) is 0 Å². The van der Waals surface area contributed by atoms with Gasteiger partial charge in [0.25, 0.3) is 0 Å². The van der Waals surface area contributed by atoms with E-state index in [0.29, 0.717) is 25.3 Å². The van der Waals surface area contributed by atoms with E-state index >= 15 is 0 Å². The molecule has 1 N–H and O–H groups in total. The Labute approximate surface area is 157 Å². The third kappa shape index (κ3) is 3.85. The molecule has 0 aliphatic heterocycles. The van der Waals surface area contributed by atoms with Crippen LogP contribution in [0.3, 0.4) is 0 Å². The molecule has 0 aliphatic rings. The van der Waals surface area contributed by atoms with Crippen LogP contribution >= 0.6 is 0 Å². The van der Waals surface area contributed by atoms with Gasteiger partial charge in [-0.25, -0.2) is 4.79 Å². The first-order valence-electron chi connectivity index (χ1n) is 8.27. The number of carbonyl (C=O) groups excluding carboxylic acids is 1. The molecule has 134 valence electrons. The Bertz CT molecular complexity index is 797. The maximum atomic E-state index is 12.8.